The van der Waals surface area contributed by atoms with Crippen LogP contribution in [0.15, 0.2) is 12.7 Å². The summed E-state index contributed by atoms with van der Waals surface area (Å²) >= 11 is 0. The highest BCUT2D eigenvalue weighted by molar-refractivity contribution is 5.72. The molecule has 0 aromatic heterocycles. The Labute approximate surface area is 42.2 Å². The van der Waals surface area contributed by atoms with E-state index in [9.17, 15) is 4.79 Å². The van der Waals surface area contributed by atoms with Gasteiger partial charge in [0.2, 0.25) is 0 Å². The molecular weight excluding hydrogens is 92.1 g/mol. The molecule has 0 heterocycles. The molecule has 0 unspecified atom stereocenters. The van der Waals surface area contributed by atoms with Crippen molar-refractivity contribution in [3.8, 4) is 0 Å². The number of hydrogen-bond donors (Lipinski definition) is 2. The Morgan fingerprint density at radius 2 is 2.43 bits per heavy atom. The van der Waals surface area contributed by atoms with E-state index in [0.717, 1.165) is 0 Å². The fraction of sp³-hybridized carbons (Fsp3) is 0. The first kappa shape index (κ1) is 6.01. The summed E-state index contributed by atoms with van der Waals surface area (Å²) in [6, 6.07) is -0.570. The van der Waals surface area contributed by atoms with E-state index in [4.69, 9.17) is 0 Å². The number of nitrogens with one attached hydrogen (secondary N) is 1. The lowest BCUT2D eigenvalue weighted by Crippen LogP contribution is -2.25. The number of hydrogen-bond acceptors (Lipinski definition) is 1. The molecule has 0 aliphatic heterocycles. The number of carbonyl (C=O) groups excluding carboxylic acids is 1. The predicted octanol–water partition coefficient (Wildman–Crippen LogP) is 0.00249. The van der Waals surface area contributed by atoms with Crippen LogP contribution in [-0.2, 0) is 0 Å². The molecule has 0 saturated carbocycles. The Kier molecular flexibility index (Phi) is 2.76. The molecule has 3 heteroatoms. The highest BCUT2D eigenvalue weighted by atomic mass is 16.2. The van der Waals surface area contributed by atoms with Crippen LogP contribution in [-0.4, -0.2) is 6.03 Å². The van der Waals surface area contributed by atoms with E-state index in [0.29, 0.717) is 0 Å². The fourth-order valence-corrected chi connectivity index (χ4v) is 0.141. The normalized spacial score (nSPS) is 7.43. The molecule has 3 nitrogen and oxygen atoms in total. The van der Waals surface area contributed by atoms with Crippen LogP contribution in [0.1, 0.15) is 0 Å². The Morgan fingerprint density at radius 1 is 1.86 bits per heavy atom. The average molecular weight is 99.1 g/mol. The fourth-order valence-electron chi connectivity index (χ4n) is 0.141. The van der Waals surface area contributed by atoms with Gasteiger partial charge >= 0.3 is 6.03 Å². The standard InChI is InChI=1S/C4H7N2O/c1-2-3-6-4(5)7/h2-3H,1H2,(H3,5,6,7). The molecule has 0 atom stereocenters. The zero-order valence-corrected chi connectivity index (χ0v) is 3.85. The van der Waals surface area contributed by atoms with E-state index in [1.54, 1.807) is 0 Å². The maximum Gasteiger partial charge on any atom is 0.312 e. The molecular formula is C4H7N2O. The van der Waals surface area contributed by atoms with Crippen LogP contribution < -0.4 is 11.1 Å². The summed E-state index contributed by atoms with van der Waals surface area (Å²) in [5.74, 6) is 0. The predicted molar refractivity (Wildman–Crippen MR) is 27.2 cm³/mol. The van der Waals surface area contributed by atoms with Gasteiger partial charge in [-0.2, -0.15) is 0 Å². The molecule has 0 rings (SSSR count). The third-order valence-electron chi connectivity index (χ3n) is 0.343. The molecule has 0 fully saturated rings. The minimum Gasteiger partial charge on any atom is -0.352 e. The SMILES string of the molecule is C=C[CH]NC(N)=O. The van der Waals surface area contributed by atoms with Crippen molar-refractivity contribution >= 4 is 6.03 Å². The molecule has 7 heavy (non-hydrogen) atoms. The van der Waals surface area contributed by atoms with E-state index in [2.05, 4.69) is 17.6 Å². The van der Waals surface area contributed by atoms with Gasteiger partial charge in [0.05, 0.1) is 6.54 Å². The first-order valence-corrected chi connectivity index (χ1v) is 1.77. The molecule has 0 aliphatic carbocycles. The lowest BCUT2D eigenvalue weighted by atomic mass is 10.6. The van der Waals surface area contributed by atoms with E-state index in [1.165, 1.54) is 12.6 Å². The number of primary amides is 1. The zero-order valence-electron chi connectivity index (χ0n) is 3.85. The van der Waals surface area contributed by atoms with E-state index in [-0.39, 0.29) is 0 Å². The van der Waals surface area contributed by atoms with Crippen molar-refractivity contribution in [2.45, 2.75) is 0 Å². The van der Waals surface area contributed by atoms with Crippen molar-refractivity contribution in [1.29, 1.82) is 0 Å². The topological polar surface area (TPSA) is 55.1 Å². The Morgan fingerprint density at radius 3 is 2.57 bits per heavy atom. The van der Waals surface area contributed by atoms with E-state index in [1.807, 2.05) is 0 Å². The van der Waals surface area contributed by atoms with Gasteiger partial charge < -0.3 is 11.1 Å². The minimum absolute atomic E-state index is 0.570. The van der Waals surface area contributed by atoms with Crippen LogP contribution in [0.4, 0.5) is 4.79 Å². The lowest BCUT2D eigenvalue weighted by Gasteiger charge is -1.89. The van der Waals surface area contributed by atoms with Crippen LogP contribution in [0.25, 0.3) is 0 Å². The van der Waals surface area contributed by atoms with Crippen molar-refractivity contribution < 1.29 is 4.79 Å². The molecule has 2 amide bonds. The Bertz CT molecular complexity index is 79.8. The molecule has 0 bridgehead atoms. The number of carbonyl (C=O) groups is 1. The summed E-state index contributed by atoms with van der Waals surface area (Å²) < 4.78 is 0. The maximum absolute atomic E-state index is 9.79. The maximum atomic E-state index is 9.79. The van der Waals surface area contributed by atoms with Gasteiger partial charge in [0.1, 0.15) is 0 Å². The molecule has 3 N–H and O–H groups in total. The summed E-state index contributed by atoms with van der Waals surface area (Å²) in [6.45, 7) is 4.67. The summed E-state index contributed by atoms with van der Waals surface area (Å²) in [5, 5.41) is 2.19. The van der Waals surface area contributed by atoms with Crippen molar-refractivity contribution in [3.63, 3.8) is 0 Å². The summed E-state index contributed by atoms with van der Waals surface area (Å²) in [4.78, 5) is 9.79. The van der Waals surface area contributed by atoms with E-state index < -0.39 is 6.03 Å². The third-order valence-corrected chi connectivity index (χ3v) is 0.343. The van der Waals surface area contributed by atoms with Crippen LogP contribution in [0.2, 0.25) is 0 Å². The summed E-state index contributed by atoms with van der Waals surface area (Å²) in [6.07, 6.45) is 1.44. The first-order valence-electron chi connectivity index (χ1n) is 1.77. The highest BCUT2D eigenvalue weighted by Crippen LogP contribution is 1.64. The quantitative estimate of drug-likeness (QED) is 0.503. The third kappa shape index (κ3) is 5.01. The monoisotopic (exact) mass is 99.1 g/mol. The lowest BCUT2D eigenvalue weighted by molar-refractivity contribution is 0.251. The second-order valence-electron chi connectivity index (χ2n) is 0.911. The highest BCUT2D eigenvalue weighted by Gasteiger charge is 1.82. The smallest absolute Gasteiger partial charge is 0.312 e. The van der Waals surface area contributed by atoms with Gasteiger partial charge in [-0.3, -0.25) is 0 Å². The second-order valence-corrected chi connectivity index (χ2v) is 0.911. The van der Waals surface area contributed by atoms with Crippen LogP contribution in [0.5, 0.6) is 0 Å². The summed E-state index contributed by atoms with van der Waals surface area (Å²) in [5.41, 5.74) is 4.65. The van der Waals surface area contributed by atoms with Gasteiger partial charge in [0.25, 0.3) is 0 Å². The van der Waals surface area contributed by atoms with Crippen molar-refractivity contribution in [1.82, 2.24) is 5.32 Å². The molecule has 0 aromatic carbocycles. The minimum atomic E-state index is -0.570. The Balaban J connectivity index is 2.97. The van der Waals surface area contributed by atoms with Crippen LogP contribution in [0.3, 0.4) is 0 Å². The van der Waals surface area contributed by atoms with Gasteiger partial charge in [-0.1, -0.05) is 6.08 Å². The first-order chi connectivity index (χ1) is 3.27. The molecule has 0 aliphatic rings. The molecule has 0 saturated heterocycles. The van der Waals surface area contributed by atoms with Gasteiger partial charge in [-0.05, 0) is 0 Å². The number of urea groups is 1. The molecule has 0 spiro atoms. The van der Waals surface area contributed by atoms with Crippen molar-refractivity contribution in [3.05, 3.63) is 19.2 Å². The van der Waals surface area contributed by atoms with Gasteiger partial charge in [0.15, 0.2) is 0 Å². The molecule has 1 radical (unpaired) electrons. The van der Waals surface area contributed by atoms with Crippen molar-refractivity contribution in [2.24, 2.45) is 5.73 Å². The van der Waals surface area contributed by atoms with E-state index >= 15 is 0 Å². The second kappa shape index (κ2) is 3.21. The summed E-state index contributed by atoms with van der Waals surface area (Å²) in [7, 11) is 0. The zero-order chi connectivity index (χ0) is 5.70. The van der Waals surface area contributed by atoms with Gasteiger partial charge in [-0.25, -0.2) is 4.79 Å². The molecule has 39 valence electrons. The number of rotatable bonds is 2. The Hall–Kier alpha value is -0.990. The number of nitrogens with two attached hydrogens (primary N) is 1. The van der Waals surface area contributed by atoms with Gasteiger partial charge in [-0.15, -0.1) is 6.58 Å². The van der Waals surface area contributed by atoms with Crippen LogP contribution in [0, 0.1) is 6.54 Å². The van der Waals surface area contributed by atoms with Gasteiger partial charge in [0, 0.05) is 0 Å². The van der Waals surface area contributed by atoms with Crippen molar-refractivity contribution in [2.75, 3.05) is 0 Å². The molecule has 0 aromatic rings. The van der Waals surface area contributed by atoms with Crippen LogP contribution >= 0.6 is 0 Å². The number of amides is 2. The average Bonchev–Trinajstić information content (AvgIpc) is 1.61. The largest absolute Gasteiger partial charge is 0.352 e.